The fourth-order valence-corrected chi connectivity index (χ4v) is 2.75. The summed E-state index contributed by atoms with van der Waals surface area (Å²) in [4.78, 5) is 49.5. The first-order chi connectivity index (χ1) is 13.2. The van der Waals surface area contributed by atoms with Crippen molar-refractivity contribution in [1.29, 1.82) is 0 Å². The summed E-state index contributed by atoms with van der Waals surface area (Å²) in [5.41, 5.74) is -0.873. The van der Waals surface area contributed by atoms with E-state index >= 15 is 0 Å². The molecule has 3 aliphatic rings. The minimum atomic E-state index is -0.887. The Morgan fingerprint density at radius 2 is 1.57 bits per heavy atom. The van der Waals surface area contributed by atoms with Crippen LogP contribution in [0.25, 0.3) is 0 Å². The number of carbonyl (C=O) groups excluding carboxylic acids is 3. The molecule has 0 unspecified atom stereocenters. The van der Waals surface area contributed by atoms with Crippen LogP contribution in [-0.2, 0) is 14.4 Å². The molecule has 0 aromatic carbocycles. The van der Waals surface area contributed by atoms with Gasteiger partial charge in [-0.2, -0.15) is 10.5 Å². The molecule has 3 rings (SSSR count). The Kier molecular flexibility index (Phi) is 4.77. The summed E-state index contributed by atoms with van der Waals surface area (Å²) >= 11 is 0. The maximum absolute atomic E-state index is 12.4. The minimum Gasteiger partial charge on any atom is -0.287 e. The van der Waals surface area contributed by atoms with Gasteiger partial charge in [0.25, 0.3) is 17.5 Å². The number of rotatable bonds is 2. The Bertz CT molecular complexity index is 1050. The number of amides is 1. The van der Waals surface area contributed by atoms with Crippen LogP contribution in [0, 0.1) is 10.1 Å². The molecule has 0 saturated heterocycles. The van der Waals surface area contributed by atoms with E-state index in [0.29, 0.717) is 5.48 Å². The smallest absolute Gasteiger partial charge is 0.287 e. The zero-order valence-corrected chi connectivity index (χ0v) is 13.8. The molecule has 5 N–H and O–H groups in total. The first kappa shape index (κ1) is 18.9. The molecular weight excluding hydrogens is 376 g/mol. The molecule has 28 heavy (non-hydrogen) atoms. The highest BCUT2D eigenvalue weighted by Crippen LogP contribution is 2.31. The van der Waals surface area contributed by atoms with Crippen LogP contribution in [0.5, 0.6) is 0 Å². The molecule has 0 aromatic heterocycles. The predicted octanol–water partition coefficient (Wildman–Crippen LogP) is -1.13. The number of nitrogens with two attached hydrogens (primary N) is 1. The van der Waals surface area contributed by atoms with E-state index in [-0.39, 0.29) is 28.1 Å². The second-order valence-corrected chi connectivity index (χ2v) is 5.59. The summed E-state index contributed by atoms with van der Waals surface area (Å²) in [6.45, 7) is 0. The number of aliphatic imine (C=N–C) groups is 1. The number of hydrogen-bond acceptors (Lipinski definition) is 9. The summed E-state index contributed by atoms with van der Waals surface area (Å²) < 4.78 is 0. The first-order valence-corrected chi connectivity index (χ1v) is 7.54. The van der Waals surface area contributed by atoms with Crippen molar-refractivity contribution in [1.82, 2.24) is 5.23 Å². The normalized spacial score (nSPS) is 24.4. The van der Waals surface area contributed by atoms with Crippen molar-refractivity contribution >= 4 is 23.3 Å². The van der Waals surface area contributed by atoms with Crippen LogP contribution in [0.4, 0.5) is 0 Å². The number of nitrogens with zero attached hydrogens (tertiary/aromatic N) is 3. The van der Waals surface area contributed by atoms with E-state index in [9.17, 15) is 29.7 Å². The zero-order chi connectivity index (χ0) is 20.6. The molecule has 142 valence electrons. The Morgan fingerprint density at radius 1 is 0.964 bits per heavy atom. The average Bonchev–Trinajstić information content (AvgIpc) is 2.98. The summed E-state index contributed by atoms with van der Waals surface area (Å²) in [5.74, 6) is -2.65. The zero-order valence-electron chi connectivity index (χ0n) is 13.8. The van der Waals surface area contributed by atoms with Gasteiger partial charge in [0.15, 0.2) is 0 Å². The third-order valence-electron chi connectivity index (χ3n) is 3.97. The number of quaternary nitrogens is 1. The predicted molar refractivity (Wildman–Crippen MR) is 87.1 cm³/mol. The van der Waals surface area contributed by atoms with Crippen LogP contribution in [-0.4, -0.2) is 49.1 Å². The molecule has 0 atom stereocenters. The summed E-state index contributed by atoms with van der Waals surface area (Å²) in [7, 11) is 0. The number of amidine groups is 1. The molecular formula is C16H11N4O8+. The fourth-order valence-electron chi connectivity index (χ4n) is 2.75. The SMILES string of the molecule is O=C1C=CC(=C2C(=O)N=C([NH2+]O)C2=C2C=CC(=O)C([N+](=O)[O-])=C2)C=C1N(O)O. The monoisotopic (exact) mass is 387 g/mol. The molecule has 12 nitrogen and oxygen atoms in total. The number of carbonyl (C=O) groups is 3. The fraction of sp³-hybridized carbons (Fsp3) is 0. The van der Waals surface area contributed by atoms with Crippen molar-refractivity contribution in [3.63, 3.8) is 0 Å². The van der Waals surface area contributed by atoms with Gasteiger partial charge in [0.05, 0.1) is 16.1 Å². The summed E-state index contributed by atoms with van der Waals surface area (Å²) in [6.07, 6.45) is 6.28. The van der Waals surface area contributed by atoms with Crippen LogP contribution in [0.1, 0.15) is 0 Å². The van der Waals surface area contributed by atoms with Gasteiger partial charge in [-0.15, -0.1) is 5.23 Å². The molecule has 2 aliphatic carbocycles. The van der Waals surface area contributed by atoms with E-state index in [1.54, 1.807) is 0 Å². The van der Waals surface area contributed by atoms with Crippen molar-refractivity contribution < 1.29 is 40.4 Å². The molecule has 1 aliphatic heterocycles. The van der Waals surface area contributed by atoms with E-state index in [4.69, 9.17) is 10.4 Å². The molecule has 1 heterocycles. The molecule has 0 spiro atoms. The molecule has 0 saturated carbocycles. The van der Waals surface area contributed by atoms with Gasteiger partial charge in [0, 0.05) is 6.08 Å². The van der Waals surface area contributed by atoms with Crippen LogP contribution in [0.15, 0.2) is 75.1 Å². The lowest BCUT2D eigenvalue weighted by atomic mass is 9.91. The van der Waals surface area contributed by atoms with Crippen molar-refractivity contribution in [3.8, 4) is 0 Å². The van der Waals surface area contributed by atoms with Gasteiger partial charge in [-0.3, -0.25) is 34.9 Å². The molecule has 0 bridgehead atoms. The minimum absolute atomic E-state index is 0.0253. The topological polar surface area (TPSA) is 187 Å². The van der Waals surface area contributed by atoms with Gasteiger partial charge >= 0.3 is 5.70 Å². The Balaban J connectivity index is 2.28. The van der Waals surface area contributed by atoms with Gasteiger partial charge in [0.1, 0.15) is 5.70 Å². The third kappa shape index (κ3) is 3.15. The summed E-state index contributed by atoms with van der Waals surface area (Å²) in [5, 5.41) is 38.4. The molecule has 12 heteroatoms. The van der Waals surface area contributed by atoms with E-state index < -0.39 is 39.0 Å². The van der Waals surface area contributed by atoms with E-state index in [1.807, 2.05) is 0 Å². The van der Waals surface area contributed by atoms with Gasteiger partial charge in [-0.1, -0.05) is 6.08 Å². The molecule has 1 amide bonds. The van der Waals surface area contributed by atoms with Crippen LogP contribution >= 0.6 is 0 Å². The summed E-state index contributed by atoms with van der Waals surface area (Å²) in [6, 6.07) is 0. The average molecular weight is 387 g/mol. The quantitative estimate of drug-likeness (QED) is 0.258. The first-order valence-electron chi connectivity index (χ1n) is 7.54. The van der Waals surface area contributed by atoms with Gasteiger partial charge < -0.3 is 0 Å². The van der Waals surface area contributed by atoms with Gasteiger partial charge in [-0.05, 0) is 35.5 Å². The molecule has 0 radical (unpaired) electrons. The van der Waals surface area contributed by atoms with Crippen molar-refractivity contribution in [3.05, 3.63) is 80.3 Å². The van der Waals surface area contributed by atoms with Crippen molar-refractivity contribution in [2.45, 2.75) is 0 Å². The van der Waals surface area contributed by atoms with Gasteiger partial charge in [0.2, 0.25) is 5.78 Å². The Morgan fingerprint density at radius 3 is 2.14 bits per heavy atom. The molecule has 0 aromatic rings. The van der Waals surface area contributed by atoms with Crippen LogP contribution in [0.3, 0.4) is 0 Å². The number of allylic oxidation sites excluding steroid dienone is 8. The molecule has 0 fully saturated rings. The third-order valence-corrected chi connectivity index (χ3v) is 3.97. The van der Waals surface area contributed by atoms with Crippen molar-refractivity contribution in [2.24, 2.45) is 4.99 Å². The van der Waals surface area contributed by atoms with Crippen LogP contribution < -0.4 is 5.48 Å². The number of hydrogen-bond donors (Lipinski definition) is 4. The standard InChI is InChI=1S/C16H10N4O8/c21-11-3-1-7(5-9(11)19(25)26)13-14(16(23)17-15(13)18-24)8-2-4-12(22)10(6-8)20(27)28/h1-6,24,27-28H,(H,17,18,23)/p+1. The highest BCUT2D eigenvalue weighted by Gasteiger charge is 2.37. The lowest BCUT2D eigenvalue weighted by molar-refractivity contribution is -0.801. The lowest BCUT2D eigenvalue weighted by Gasteiger charge is -2.15. The van der Waals surface area contributed by atoms with E-state index in [1.165, 1.54) is 12.2 Å². The lowest BCUT2D eigenvalue weighted by Crippen LogP contribution is -2.84. The van der Waals surface area contributed by atoms with Crippen LogP contribution in [0.2, 0.25) is 0 Å². The second-order valence-electron chi connectivity index (χ2n) is 5.59. The highest BCUT2D eigenvalue weighted by atomic mass is 16.8. The number of nitro groups is 1. The highest BCUT2D eigenvalue weighted by molar-refractivity contribution is 6.23. The van der Waals surface area contributed by atoms with E-state index in [2.05, 4.69) is 4.99 Å². The second kappa shape index (κ2) is 7.05. The largest absolute Gasteiger partial charge is 0.316 e. The van der Waals surface area contributed by atoms with Gasteiger partial charge in [-0.25, -0.2) is 5.21 Å². The maximum atomic E-state index is 12.4. The Hall–Kier alpha value is -3.84. The van der Waals surface area contributed by atoms with Crippen molar-refractivity contribution in [2.75, 3.05) is 0 Å². The van der Waals surface area contributed by atoms with E-state index in [0.717, 1.165) is 24.3 Å². The number of ketones is 2. The maximum Gasteiger partial charge on any atom is 0.316 e. The Labute approximate surface area is 155 Å². The number of hydroxylamine groups is 3.